The molecule has 0 unspecified atom stereocenters. The Bertz CT molecular complexity index is 542. The minimum Gasteiger partial charge on any atom is -0.494 e. The maximum atomic E-state index is 12.0. The first kappa shape index (κ1) is 20.8. The molecule has 0 spiro atoms. The zero-order valence-corrected chi connectivity index (χ0v) is 16.0. The van der Waals surface area contributed by atoms with Crippen molar-refractivity contribution in [3.05, 3.63) is 29.8 Å². The van der Waals surface area contributed by atoms with Crippen molar-refractivity contribution in [3.8, 4) is 5.75 Å². The lowest BCUT2D eigenvalue weighted by Gasteiger charge is -2.19. The Kier molecular flexibility index (Phi) is 10.1. The van der Waals surface area contributed by atoms with Crippen LogP contribution in [0, 0.1) is 0 Å². The van der Waals surface area contributed by atoms with Crippen LogP contribution >= 0.6 is 0 Å². The van der Waals surface area contributed by atoms with Gasteiger partial charge in [0.25, 0.3) is 0 Å². The Balaban J connectivity index is 2.56. The molecule has 0 aliphatic carbocycles. The molecule has 25 heavy (non-hydrogen) atoms. The highest BCUT2D eigenvalue weighted by atomic mass is 16.5. The Morgan fingerprint density at radius 1 is 1.16 bits per heavy atom. The van der Waals surface area contributed by atoms with Crippen molar-refractivity contribution < 1.29 is 9.53 Å². The van der Waals surface area contributed by atoms with Gasteiger partial charge in [-0.1, -0.05) is 12.1 Å². The molecule has 140 valence electrons. The van der Waals surface area contributed by atoms with E-state index >= 15 is 0 Å². The SMILES string of the molecule is CCNC(=NCc1cccc(OCC)c1)NCCC(=O)N(CC)CC. The second kappa shape index (κ2) is 12.2. The van der Waals surface area contributed by atoms with E-state index in [1.807, 2.05) is 56.9 Å². The van der Waals surface area contributed by atoms with Gasteiger partial charge in [0, 0.05) is 32.6 Å². The number of ether oxygens (including phenoxy) is 1. The number of hydrogen-bond donors (Lipinski definition) is 2. The Morgan fingerprint density at radius 2 is 1.92 bits per heavy atom. The van der Waals surface area contributed by atoms with Crippen LogP contribution < -0.4 is 15.4 Å². The van der Waals surface area contributed by atoms with Gasteiger partial charge >= 0.3 is 0 Å². The van der Waals surface area contributed by atoms with Crippen LogP contribution in [0.1, 0.15) is 39.7 Å². The van der Waals surface area contributed by atoms with Gasteiger partial charge in [-0.25, -0.2) is 4.99 Å². The third-order valence-corrected chi connectivity index (χ3v) is 3.72. The van der Waals surface area contributed by atoms with Crippen LogP contribution in [0.25, 0.3) is 0 Å². The Morgan fingerprint density at radius 3 is 2.56 bits per heavy atom. The predicted octanol–water partition coefficient (Wildman–Crippen LogP) is 2.40. The average Bonchev–Trinajstić information content (AvgIpc) is 2.61. The fourth-order valence-electron chi connectivity index (χ4n) is 2.43. The average molecular weight is 348 g/mol. The third kappa shape index (κ3) is 7.92. The van der Waals surface area contributed by atoms with Crippen LogP contribution in [0.5, 0.6) is 5.75 Å². The van der Waals surface area contributed by atoms with Crippen molar-refractivity contribution in [2.75, 3.05) is 32.8 Å². The van der Waals surface area contributed by atoms with Crippen molar-refractivity contribution in [3.63, 3.8) is 0 Å². The molecule has 1 aromatic carbocycles. The molecule has 6 heteroatoms. The van der Waals surface area contributed by atoms with E-state index in [-0.39, 0.29) is 5.91 Å². The first-order valence-corrected chi connectivity index (χ1v) is 9.16. The van der Waals surface area contributed by atoms with Gasteiger partial charge in [-0.3, -0.25) is 4.79 Å². The number of carbonyl (C=O) groups is 1. The number of carbonyl (C=O) groups excluding carboxylic acids is 1. The molecule has 6 nitrogen and oxygen atoms in total. The van der Waals surface area contributed by atoms with Crippen molar-refractivity contribution in [1.29, 1.82) is 0 Å². The maximum Gasteiger partial charge on any atom is 0.224 e. The van der Waals surface area contributed by atoms with Crippen LogP contribution in [0.4, 0.5) is 0 Å². The summed E-state index contributed by atoms with van der Waals surface area (Å²) >= 11 is 0. The molecule has 0 fully saturated rings. The van der Waals surface area contributed by atoms with Crippen LogP contribution in [-0.2, 0) is 11.3 Å². The molecule has 0 saturated heterocycles. The lowest BCUT2D eigenvalue weighted by Crippen LogP contribution is -2.40. The quantitative estimate of drug-likeness (QED) is 0.503. The van der Waals surface area contributed by atoms with E-state index in [4.69, 9.17) is 4.74 Å². The predicted molar refractivity (Wildman–Crippen MR) is 103 cm³/mol. The monoisotopic (exact) mass is 348 g/mol. The van der Waals surface area contributed by atoms with Crippen LogP contribution in [-0.4, -0.2) is 49.6 Å². The molecule has 0 bridgehead atoms. The minimum absolute atomic E-state index is 0.165. The zero-order valence-electron chi connectivity index (χ0n) is 16.0. The summed E-state index contributed by atoms with van der Waals surface area (Å²) < 4.78 is 5.51. The summed E-state index contributed by atoms with van der Waals surface area (Å²) in [7, 11) is 0. The van der Waals surface area contributed by atoms with Gasteiger partial charge in [0.1, 0.15) is 5.75 Å². The number of nitrogens with zero attached hydrogens (tertiary/aromatic N) is 2. The minimum atomic E-state index is 0.165. The Hall–Kier alpha value is -2.24. The third-order valence-electron chi connectivity index (χ3n) is 3.72. The molecule has 0 radical (unpaired) electrons. The number of nitrogens with one attached hydrogen (secondary N) is 2. The molecule has 1 rings (SSSR count). The van der Waals surface area contributed by atoms with Crippen molar-refractivity contribution in [1.82, 2.24) is 15.5 Å². The van der Waals surface area contributed by atoms with E-state index in [0.29, 0.717) is 26.1 Å². The molecule has 0 aliphatic rings. The molecule has 0 aliphatic heterocycles. The summed E-state index contributed by atoms with van der Waals surface area (Å²) in [6, 6.07) is 7.94. The highest BCUT2D eigenvalue weighted by Crippen LogP contribution is 2.13. The molecular weight excluding hydrogens is 316 g/mol. The standard InChI is InChI=1S/C19H32N4O2/c1-5-20-19(21-13-12-18(24)23(6-2)7-3)22-15-16-10-9-11-17(14-16)25-8-4/h9-11,14H,5-8,12-13,15H2,1-4H3,(H2,20,21,22). The molecular formula is C19H32N4O2. The smallest absolute Gasteiger partial charge is 0.224 e. The number of aliphatic imine (C=N–C) groups is 1. The summed E-state index contributed by atoms with van der Waals surface area (Å²) in [5.74, 6) is 1.74. The van der Waals surface area contributed by atoms with Crippen LogP contribution in [0.2, 0.25) is 0 Å². The van der Waals surface area contributed by atoms with Gasteiger partial charge in [-0.2, -0.15) is 0 Å². The lowest BCUT2D eigenvalue weighted by atomic mass is 10.2. The van der Waals surface area contributed by atoms with Gasteiger partial charge < -0.3 is 20.3 Å². The molecule has 2 N–H and O–H groups in total. The number of benzene rings is 1. The summed E-state index contributed by atoms with van der Waals surface area (Å²) in [5.41, 5.74) is 1.09. The van der Waals surface area contributed by atoms with Crippen LogP contribution in [0.3, 0.4) is 0 Å². The largest absolute Gasteiger partial charge is 0.494 e. The van der Waals surface area contributed by atoms with Gasteiger partial charge in [-0.05, 0) is 45.4 Å². The van der Waals surface area contributed by atoms with Gasteiger partial charge in [0.2, 0.25) is 5.91 Å². The number of amides is 1. The molecule has 1 aromatic rings. The van der Waals surface area contributed by atoms with E-state index in [0.717, 1.165) is 36.9 Å². The molecule has 0 saturated carbocycles. The summed E-state index contributed by atoms with van der Waals surface area (Å²) in [5, 5.41) is 6.43. The normalized spacial score (nSPS) is 11.1. The van der Waals surface area contributed by atoms with E-state index in [2.05, 4.69) is 15.6 Å². The van der Waals surface area contributed by atoms with Crippen molar-refractivity contribution >= 4 is 11.9 Å². The van der Waals surface area contributed by atoms with E-state index < -0.39 is 0 Å². The van der Waals surface area contributed by atoms with Crippen LogP contribution in [0.15, 0.2) is 29.3 Å². The Labute approximate surface area is 151 Å². The zero-order chi connectivity index (χ0) is 18.5. The topological polar surface area (TPSA) is 66.0 Å². The summed E-state index contributed by atoms with van der Waals surface area (Å²) in [6.07, 6.45) is 0.464. The molecule has 0 atom stereocenters. The number of guanidine groups is 1. The van der Waals surface area contributed by atoms with E-state index in [1.54, 1.807) is 0 Å². The van der Waals surface area contributed by atoms with Crippen molar-refractivity contribution in [2.45, 2.75) is 40.7 Å². The number of hydrogen-bond acceptors (Lipinski definition) is 3. The highest BCUT2D eigenvalue weighted by molar-refractivity contribution is 5.81. The van der Waals surface area contributed by atoms with Crippen molar-refractivity contribution in [2.24, 2.45) is 4.99 Å². The highest BCUT2D eigenvalue weighted by Gasteiger charge is 2.09. The molecule has 0 heterocycles. The number of rotatable bonds is 10. The first-order chi connectivity index (χ1) is 12.1. The summed E-state index contributed by atoms with van der Waals surface area (Å²) in [4.78, 5) is 18.5. The fraction of sp³-hybridized carbons (Fsp3) is 0.579. The van der Waals surface area contributed by atoms with Gasteiger partial charge in [0.15, 0.2) is 5.96 Å². The maximum absolute atomic E-state index is 12.0. The van der Waals surface area contributed by atoms with E-state index in [9.17, 15) is 4.79 Å². The first-order valence-electron chi connectivity index (χ1n) is 9.16. The van der Waals surface area contributed by atoms with E-state index in [1.165, 1.54) is 0 Å². The fourth-order valence-corrected chi connectivity index (χ4v) is 2.43. The lowest BCUT2D eigenvalue weighted by molar-refractivity contribution is -0.130. The summed E-state index contributed by atoms with van der Waals surface area (Å²) in [6.45, 7) is 12.0. The van der Waals surface area contributed by atoms with Gasteiger partial charge in [0.05, 0.1) is 13.2 Å². The molecule has 1 amide bonds. The second-order valence-electron chi connectivity index (χ2n) is 5.52. The molecule has 0 aromatic heterocycles. The van der Waals surface area contributed by atoms with Gasteiger partial charge in [-0.15, -0.1) is 0 Å². The second-order valence-corrected chi connectivity index (χ2v) is 5.52.